The van der Waals surface area contributed by atoms with Gasteiger partial charge in [-0.25, -0.2) is 21.9 Å². The summed E-state index contributed by atoms with van der Waals surface area (Å²) >= 11 is 0. The quantitative estimate of drug-likeness (QED) is 0.773. The SMILES string of the molecule is CN(C)S(=O)(=O)c1ccc(NC(=O)COC(=O)c2cccc(F)c2)cc1. The first-order valence-electron chi connectivity index (χ1n) is 7.45. The maximum absolute atomic E-state index is 13.0. The lowest BCUT2D eigenvalue weighted by atomic mass is 10.2. The van der Waals surface area contributed by atoms with Gasteiger partial charge in [0.05, 0.1) is 10.5 Å². The second-order valence-electron chi connectivity index (χ2n) is 5.45. The Labute approximate surface area is 150 Å². The molecular weight excluding hydrogens is 363 g/mol. The number of sulfonamides is 1. The highest BCUT2D eigenvalue weighted by Gasteiger charge is 2.17. The number of halogens is 1. The lowest BCUT2D eigenvalue weighted by molar-refractivity contribution is -0.119. The topological polar surface area (TPSA) is 92.8 Å². The van der Waals surface area contributed by atoms with Crippen LogP contribution in [0.25, 0.3) is 0 Å². The number of rotatable bonds is 6. The van der Waals surface area contributed by atoms with Crippen molar-refractivity contribution in [2.75, 3.05) is 26.0 Å². The second kappa shape index (κ2) is 8.07. The van der Waals surface area contributed by atoms with Gasteiger partial charge in [-0.2, -0.15) is 0 Å². The fourth-order valence-electron chi connectivity index (χ4n) is 1.95. The van der Waals surface area contributed by atoms with Gasteiger partial charge in [0.25, 0.3) is 5.91 Å². The first-order valence-corrected chi connectivity index (χ1v) is 8.89. The molecule has 2 aromatic carbocycles. The predicted octanol–water partition coefficient (Wildman–Crippen LogP) is 1.87. The van der Waals surface area contributed by atoms with Gasteiger partial charge in [0.2, 0.25) is 10.0 Å². The zero-order valence-corrected chi connectivity index (χ0v) is 14.9. The van der Waals surface area contributed by atoms with Gasteiger partial charge in [0, 0.05) is 19.8 Å². The number of amides is 1. The van der Waals surface area contributed by atoms with Crippen molar-refractivity contribution in [2.24, 2.45) is 0 Å². The summed E-state index contributed by atoms with van der Waals surface area (Å²) in [5.41, 5.74) is 0.338. The van der Waals surface area contributed by atoms with Gasteiger partial charge in [-0.15, -0.1) is 0 Å². The van der Waals surface area contributed by atoms with Gasteiger partial charge >= 0.3 is 5.97 Å². The number of hydrogen-bond acceptors (Lipinski definition) is 5. The Bertz CT molecular complexity index is 911. The minimum atomic E-state index is -3.56. The first kappa shape index (κ1) is 19.5. The van der Waals surface area contributed by atoms with Crippen LogP contribution < -0.4 is 5.32 Å². The molecule has 26 heavy (non-hydrogen) atoms. The third kappa shape index (κ3) is 4.87. The third-order valence-electron chi connectivity index (χ3n) is 3.31. The van der Waals surface area contributed by atoms with E-state index >= 15 is 0 Å². The average Bonchev–Trinajstić information content (AvgIpc) is 2.60. The molecule has 0 unspecified atom stereocenters. The average molecular weight is 380 g/mol. The molecule has 0 saturated carbocycles. The molecule has 138 valence electrons. The molecule has 0 atom stereocenters. The van der Waals surface area contributed by atoms with Gasteiger partial charge in [0.15, 0.2) is 6.61 Å². The Balaban J connectivity index is 1.93. The Morgan fingerprint density at radius 2 is 1.77 bits per heavy atom. The van der Waals surface area contributed by atoms with Crippen LogP contribution in [0.3, 0.4) is 0 Å². The van der Waals surface area contributed by atoms with Gasteiger partial charge in [0.1, 0.15) is 5.82 Å². The molecule has 0 fully saturated rings. The molecule has 0 bridgehead atoms. The monoisotopic (exact) mass is 380 g/mol. The summed E-state index contributed by atoms with van der Waals surface area (Å²) in [4.78, 5) is 23.6. The van der Waals surface area contributed by atoms with Crippen molar-refractivity contribution in [2.45, 2.75) is 4.90 Å². The predicted molar refractivity (Wildman–Crippen MR) is 92.6 cm³/mol. The van der Waals surface area contributed by atoms with Crippen molar-refractivity contribution in [1.82, 2.24) is 4.31 Å². The van der Waals surface area contributed by atoms with Crippen LogP contribution in [0.5, 0.6) is 0 Å². The summed E-state index contributed by atoms with van der Waals surface area (Å²) in [5, 5.41) is 2.47. The number of ether oxygens (including phenoxy) is 1. The Kier molecular flexibility index (Phi) is 6.06. The van der Waals surface area contributed by atoms with Crippen molar-refractivity contribution in [3.63, 3.8) is 0 Å². The normalized spacial score (nSPS) is 11.2. The highest BCUT2D eigenvalue weighted by molar-refractivity contribution is 7.89. The second-order valence-corrected chi connectivity index (χ2v) is 7.60. The standard InChI is InChI=1S/C17H17FN2O5S/c1-20(2)26(23,24)15-8-6-14(7-9-15)19-16(21)11-25-17(22)12-4-3-5-13(18)10-12/h3-10H,11H2,1-2H3,(H,19,21). The van der Waals surface area contributed by atoms with Crippen LogP contribution in [-0.4, -0.2) is 45.3 Å². The van der Waals surface area contributed by atoms with Crippen molar-refractivity contribution in [3.05, 3.63) is 59.9 Å². The zero-order valence-electron chi connectivity index (χ0n) is 14.1. The Morgan fingerprint density at radius 3 is 2.35 bits per heavy atom. The minimum Gasteiger partial charge on any atom is -0.452 e. The smallest absolute Gasteiger partial charge is 0.338 e. The molecule has 0 aliphatic carbocycles. The van der Waals surface area contributed by atoms with Gasteiger partial charge in [-0.1, -0.05) is 6.07 Å². The molecule has 0 saturated heterocycles. The summed E-state index contributed by atoms with van der Waals surface area (Å²) in [5.74, 6) is -2.03. The Hall–Kier alpha value is -2.78. The van der Waals surface area contributed by atoms with Crippen molar-refractivity contribution < 1.29 is 27.1 Å². The lowest BCUT2D eigenvalue weighted by Gasteiger charge is -2.12. The molecule has 0 heterocycles. The van der Waals surface area contributed by atoms with Gasteiger partial charge < -0.3 is 10.1 Å². The zero-order chi connectivity index (χ0) is 19.3. The minimum absolute atomic E-state index is 0.00366. The molecule has 0 aliphatic heterocycles. The summed E-state index contributed by atoms with van der Waals surface area (Å²) < 4.78 is 42.8. The summed E-state index contributed by atoms with van der Waals surface area (Å²) in [6.45, 7) is -0.562. The van der Waals surface area contributed by atoms with E-state index in [1.54, 1.807) is 0 Å². The van der Waals surface area contributed by atoms with Crippen LogP contribution in [0, 0.1) is 5.82 Å². The molecule has 2 aromatic rings. The number of carbonyl (C=O) groups is 2. The molecule has 0 spiro atoms. The number of benzene rings is 2. The van der Waals surface area contributed by atoms with E-state index in [1.807, 2.05) is 0 Å². The summed E-state index contributed by atoms with van der Waals surface area (Å²) in [6, 6.07) is 10.5. The van der Waals surface area contributed by atoms with Crippen LogP contribution >= 0.6 is 0 Å². The van der Waals surface area contributed by atoms with Gasteiger partial charge in [-0.3, -0.25) is 4.79 Å². The number of anilines is 1. The number of nitrogens with zero attached hydrogens (tertiary/aromatic N) is 1. The highest BCUT2D eigenvalue weighted by Crippen LogP contribution is 2.16. The molecule has 0 aromatic heterocycles. The fourth-order valence-corrected chi connectivity index (χ4v) is 2.85. The fraction of sp³-hybridized carbons (Fsp3) is 0.176. The third-order valence-corrected chi connectivity index (χ3v) is 5.14. The van der Waals surface area contributed by atoms with Crippen LogP contribution in [0.15, 0.2) is 53.4 Å². The number of carbonyl (C=O) groups excluding carboxylic acids is 2. The molecule has 0 radical (unpaired) electrons. The molecule has 1 amide bonds. The number of nitrogens with one attached hydrogen (secondary N) is 1. The van der Waals surface area contributed by atoms with E-state index < -0.39 is 34.3 Å². The molecular formula is C17H17FN2O5S. The van der Waals surface area contributed by atoms with Crippen molar-refractivity contribution in [1.29, 1.82) is 0 Å². The van der Waals surface area contributed by atoms with Crippen LogP contribution in [0.2, 0.25) is 0 Å². The lowest BCUT2D eigenvalue weighted by Crippen LogP contribution is -2.22. The molecule has 7 nitrogen and oxygen atoms in total. The van der Waals surface area contributed by atoms with E-state index in [0.29, 0.717) is 5.69 Å². The maximum atomic E-state index is 13.0. The summed E-state index contributed by atoms with van der Waals surface area (Å²) in [7, 11) is -0.728. The van der Waals surface area contributed by atoms with Crippen LogP contribution in [0.1, 0.15) is 10.4 Å². The van der Waals surface area contributed by atoms with E-state index in [9.17, 15) is 22.4 Å². The number of hydrogen-bond donors (Lipinski definition) is 1. The molecule has 9 heteroatoms. The van der Waals surface area contributed by atoms with Gasteiger partial charge in [-0.05, 0) is 42.5 Å². The van der Waals surface area contributed by atoms with E-state index in [1.165, 1.54) is 56.6 Å². The van der Waals surface area contributed by atoms with Crippen LogP contribution in [-0.2, 0) is 19.6 Å². The maximum Gasteiger partial charge on any atom is 0.338 e. The van der Waals surface area contributed by atoms with E-state index in [2.05, 4.69) is 5.32 Å². The summed E-state index contributed by atoms with van der Waals surface area (Å²) in [6.07, 6.45) is 0. The largest absolute Gasteiger partial charge is 0.452 e. The Morgan fingerprint density at radius 1 is 1.12 bits per heavy atom. The van der Waals surface area contributed by atoms with Crippen molar-refractivity contribution in [3.8, 4) is 0 Å². The molecule has 1 N–H and O–H groups in total. The van der Waals surface area contributed by atoms with E-state index in [4.69, 9.17) is 4.74 Å². The van der Waals surface area contributed by atoms with E-state index in [0.717, 1.165) is 10.4 Å². The number of esters is 1. The highest BCUT2D eigenvalue weighted by atomic mass is 32.2. The van der Waals surface area contributed by atoms with Crippen molar-refractivity contribution >= 4 is 27.6 Å². The first-order chi connectivity index (χ1) is 12.2. The molecule has 0 aliphatic rings. The molecule has 2 rings (SSSR count). The van der Waals surface area contributed by atoms with Crippen LogP contribution in [0.4, 0.5) is 10.1 Å². The van der Waals surface area contributed by atoms with E-state index in [-0.39, 0.29) is 10.5 Å².